The second kappa shape index (κ2) is 27.3. The minimum absolute atomic E-state index is 0.0309. The van der Waals surface area contributed by atoms with Crippen molar-refractivity contribution in [1.29, 1.82) is 0 Å². The summed E-state index contributed by atoms with van der Waals surface area (Å²) in [6.07, 6.45) is 20.4. The molecule has 0 radical (unpaired) electrons. The van der Waals surface area contributed by atoms with Gasteiger partial charge >= 0.3 is 19.8 Å². The fraction of sp³-hybridized carbons (Fsp3) is 0.879. The zero-order valence-corrected chi connectivity index (χ0v) is 28.8. The summed E-state index contributed by atoms with van der Waals surface area (Å²) in [6.45, 7) is 7.64. The molecular weight excluding hydrogens is 569 g/mol. The number of phosphoric ester groups is 1. The highest BCUT2D eigenvalue weighted by molar-refractivity contribution is 7.47. The third kappa shape index (κ3) is 30.8. The molecule has 10 heteroatoms. The van der Waals surface area contributed by atoms with Gasteiger partial charge in [0.05, 0.1) is 27.7 Å². The van der Waals surface area contributed by atoms with Gasteiger partial charge in [-0.15, -0.1) is 0 Å². The maximum absolute atomic E-state index is 12.5. The number of likely N-dealkylation sites (N-methyl/N-ethyl adjacent to an activating group) is 1. The van der Waals surface area contributed by atoms with E-state index in [1.807, 2.05) is 21.1 Å². The molecule has 0 aliphatic heterocycles. The SMILES string of the molecule is [CH2-]CCCCCCCCCCCCC(=O)O[C@H](COC(=O)CCCCCCCCC[CH2-])COP(=O)(O)OCC[N+](C)(C)C. The van der Waals surface area contributed by atoms with E-state index in [-0.39, 0.29) is 32.0 Å². The fourth-order valence-electron chi connectivity index (χ4n) is 4.45. The topological polar surface area (TPSA) is 108 Å². The number of quaternary nitrogens is 1. The summed E-state index contributed by atoms with van der Waals surface area (Å²) in [5, 5.41) is 0. The molecule has 9 nitrogen and oxygen atoms in total. The van der Waals surface area contributed by atoms with Gasteiger partial charge in [0.25, 0.3) is 0 Å². The van der Waals surface area contributed by atoms with Crippen molar-refractivity contribution >= 4 is 19.8 Å². The molecule has 0 aliphatic rings. The highest BCUT2D eigenvalue weighted by Crippen LogP contribution is 2.43. The lowest BCUT2D eigenvalue weighted by Gasteiger charge is -2.24. The number of hydrogen-bond donors (Lipinski definition) is 1. The Kier molecular flexibility index (Phi) is 26.7. The van der Waals surface area contributed by atoms with Crippen LogP contribution in [-0.4, -0.2) is 74.9 Å². The van der Waals surface area contributed by atoms with E-state index < -0.39 is 26.5 Å². The summed E-state index contributed by atoms with van der Waals surface area (Å²) in [5.41, 5.74) is 0. The van der Waals surface area contributed by atoms with Crippen LogP contribution >= 0.6 is 7.82 Å². The first-order valence-corrected chi connectivity index (χ1v) is 18.3. The van der Waals surface area contributed by atoms with E-state index in [9.17, 15) is 19.0 Å². The van der Waals surface area contributed by atoms with Gasteiger partial charge in [0.1, 0.15) is 19.8 Å². The normalized spacial score (nSPS) is 13.9. The van der Waals surface area contributed by atoms with Gasteiger partial charge in [-0.25, -0.2) is 4.57 Å². The Bertz CT molecular complexity index is 728. The van der Waals surface area contributed by atoms with E-state index in [1.54, 1.807) is 0 Å². The summed E-state index contributed by atoms with van der Waals surface area (Å²) in [7, 11) is 1.47. The van der Waals surface area contributed by atoms with Crippen molar-refractivity contribution in [2.75, 3.05) is 47.5 Å². The smallest absolute Gasteiger partial charge is 0.462 e. The number of phosphoric acid groups is 1. The molecule has 2 atom stereocenters. The van der Waals surface area contributed by atoms with E-state index in [1.165, 1.54) is 51.4 Å². The van der Waals surface area contributed by atoms with Crippen LogP contribution in [-0.2, 0) is 32.7 Å². The summed E-state index contributed by atoms with van der Waals surface area (Å²) >= 11 is 0. The number of carbonyl (C=O) groups excluding carboxylic acids is 2. The number of rotatable bonds is 31. The molecule has 0 rings (SSSR count). The van der Waals surface area contributed by atoms with Crippen LogP contribution < -0.4 is 0 Å². The second-order valence-electron chi connectivity index (χ2n) is 12.6. The average molecular weight is 635 g/mol. The lowest BCUT2D eigenvalue weighted by atomic mass is 10.1. The highest BCUT2D eigenvalue weighted by atomic mass is 31.2. The van der Waals surface area contributed by atoms with Crippen LogP contribution in [0, 0.1) is 13.8 Å². The Morgan fingerprint density at radius 3 is 1.51 bits per heavy atom. The Labute approximate surface area is 264 Å². The van der Waals surface area contributed by atoms with Crippen molar-refractivity contribution < 1.29 is 42.1 Å². The van der Waals surface area contributed by atoms with Crippen molar-refractivity contribution in [2.45, 2.75) is 141 Å². The van der Waals surface area contributed by atoms with Crippen molar-refractivity contribution in [3.05, 3.63) is 13.8 Å². The van der Waals surface area contributed by atoms with Gasteiger partial charge in [0, 0.05) is 12.8 Å². The first kappa shape index (κ1) is 42.0. The standard InChI is InChI=1S/C33H65NO8P/c1-6-8-10-12-14-16-17-18-20-22-24-26-33(36)42-31(30-41-43(37,38)40-28-27-34(3,4)5)29-39-32(35)25-23-21-19-15-13-11-9-7-2/h31H,1-2,6-30H2,3-5H3,(H,37,38)/q-1/t31-/m1/s1. The monoisotopic (exact) mass is 634 g/mol. The molecule has 0 spiro atoms. The molecule has 1 unspecified atom stereocenters. The van der Waals surface area contributed by atoms with Crippen LogP contribution in [0.2, 0.25) is 0 Å². The molecule has 0 amide bonds. The quantitative estimate of drug-likeness (QED) is 0.0268. The number of esters is 2. The van der Waals surface area contributed by atoms with Crippen LogP contribution in [0.5, 0.6) is 0 Å². The molecule has 1 N–H and O–H groups in total. The zero-order chi connectivity index (χ0) is 32.2. The molecule has 0 aromatic carbocycles. The number of carbonyl (C=O) groups is 2. The molecule has 0 bridgehead atoms. The van der Waals surface area contributed by atoms with Gasteiger partial charge < -0.3 is 32.7 Å². The van der Waals surface area contributed by atoms with Crippen LogP contribution in [0.25, 0.3) is 0 Å². The highest BCUT2D eigenvalue weighted by Gasteiger charge is 2.27. The molecule has 0 aromatic heterocycles. The van der Waals surface area contributed by atoms with E-state index in [2.05, 4.69) is 13.8 Å². The minimum Gasteiger partial charge on any atom is -0.462 e. The van der Waals surface area contributed by atoms with Gasteiger partial charge in [-0.05, 0) is 12.8 Å². The molecule has 0 fully saturated rings. The van der Waals surface area contributed by atoms with Crippen LogP contribution in [0.3, 0.4) is 0 Å². The molecular formula is C33H65NO8P-. The molecule has 0 saturated carbocycles. The number of hydrogen-bond acceptors (Lipinski definition) is 7. The Balaban J connectivity index is 4.48. The van der Waals surface area contributed by atoms with Crippen molar-refractivity contribution in [3.8, 4) is 0 Å². The molecule has 0 saturated heterocycles. The lowest BCUT2D eigenvalue weighted by molar-refractivity contribution is -0.870. The lowest BCUT2D eigenvalue weighted by Crippen LogP contribution is -2.37. The van der Waals surface area contributed by atoms with E-state index in [0.717, 1.165) is 64.2 Å². The largest absolute Gasteiger partial charge is 0.472 e. The summed E-state index contributed by atoms with van der Waals surface area (Å²) < 4.78 is 33.9. The summed E-state index contributed by atoms with van der Waals surface area (Å²) in [5.74, 6) is -0.820. The average Bonchev–Trinajstić information content (AvgIpc) is 2.93. The number of unbranched alkanes of at least 4 members (excludes halogenated alkanes) is 17. The van der Waals surface area contributed by atoms with E-state index in [4.69, 9.17) is 18.5 Å². The van der Waals surface area contributed by atoms with Gasteiger partial charge in [-0.1, -0.05) is 96.3 Å². The van der Waals surface area contributed by atoms with Gasteiger partial charge in [-0.2, -0.15) is 12.8 Å². The van der Waals surface area contributed by atoms with E-state index in [0.29, 0.717) is 17.4 Å². The van der Waals surface area contributed by atoms with E-state index >= 15 is 0 Å². The predicted octanol–water partition coefficient (Wildman–Crippen LogP) is 8.14. The maximum atomic E-state index is 12.5. The van der Waals surface area contributed by atoms with Gasteiger partial charge in [0.15, 0.2) is 6.10 Å². The Hall–Kier alpha value is -0.990. The Morgan fingerprint density at radius 2 is 1.07 bits per heavy atom. The predicted molar refractivity (Wildman–Crippen MR) is 173 cm³/mol. The van der Waals surface area contributed by atoms with Crippen LogP contribution in [0.4, 0.5) is 0 Å². The molecule has 0 aromatic rings. The van der Waals surface area contributed by atoms with Crippen LogP contribution in [0.15, 0.2) is 0 Å². The number of nitrogens with zero attached hydrogens (tertiary/aromatic N) is 1. The third-order valence-corrected chi connectivity index (χ3v) is 8.16. The first-order chi connectivity index (χ1) is 20.5. The van der Waals surface area contributed by atoms with Gasteiger partial charge in [-0.3, -0.25) is 18.6 Å². The Morgan fingerprint density at radius 1 is 0.651 bits per heavy atom. The maximum Gasteiger partial charge on any atom is 0.472 e. The second-order valence-corrected chi connectivity index (χ2v) is 14.1. The van der Waals surface area contributed by atoms with Gasteiger partial charge in [0.2, 0.25) is 0 Å². The van der Waals surface area contributed by atoms with Crippen molar-refractivity contribution in [1.82, 2.24) is 0 Å². The minimum atomic E-state index is -4.36. The molecule has 256 valence electrons. The number of ether oxygens (including phenoxy) is 2. The third-order valence-electron chi connectivity index (χ3n) is 7.18. The zero-order valence-electron chi connectivity index (χ0n) is 27.9. The molecule has 0 aliphatic carbocycles. The molecule has 43 heavy (non-hydrogen) atoms. The van der Waals surface area contributed by atoms with Crippen molar-refractivity contribution in [2.24, 2.45) is 0 Å². The van der Waals surface area contributed by atoms with Crippen LogP contribution in [0.1, 0.15) is 135 Å². The summed E-state index contributed by atoms with van der Waals surface area (Å²) in [4.78, 5) is 34.9. The first-order valence-electron chi connectivity index (χ1n) is 16.8. The molecule has 0 heterocycles. The summed E-state index contributed by atoms with van der Waals surface area (Å²) in [6, 6.07) is 0. The fourth-order valence-corrected chi connectivity index (χ4v) is 5.20. The van der Waals surface area contributed by atoms with Crippen molar-refractivity contribution in [3.63, 3.8) is 0 Å².